The fourth-order valence-electron chi connectivity index (χ4n) is 1.74. The van der Waals surface area contributed by atoms with Crippen molar-refractivity contribution in [2.24, 2.45) is 0 Å². The molecule has 0 bridgehead atoms. The molecule has 0 aliphatic heterocycles. The van der Waals surface area contributed by atoms with Gasteiger partial charge in [0.05, 0.1) is 5.56 Å². The smallest absolute Gasteiger partial charge is 0.336 e. The van der Waals surface area contributed by atoms with Gasteiger partial charge >= 0.3 is 5.97 Å². The number of rotatable bonds is 3. The van der Waals surface area contributed by atoms with Gasteiger partial charge in [-0.15, -0.1) is 0 Å². The Morgan fingerprint density at radius 2 is 1.94 bits per heavy atom. The summed E-state index contributed by atoms with van der Waals surface area (Å²) in [5.74, 6) is -1.36. The third kappa shape index (κ3) is 2.43. The predicted octanol–water partition coefficient (Wildman–Crippen LogP) is 4.09. The minimum Gasteiger partial charge on any atom is -0.478 e. The van der Waals surface area contributed by atoms with Crippen LogP contribution in [0.15, 0.2) is 42.5 Å². The van der Waals surface area contributed by atoms with Gasteiger partial charge in [-0.1, -0.05) is 46.3 Å². The Hall–Kier alpha value is -1.68. The number of carboxylic acids is 1. The topological polar surface area (TPSA) is 37.3 Å². The van der Waals surface area contributed by atoms with Crippen molar-refractivity contribution in [3.8, 4) is 11.1 Å². The summed E-state index contributed by atoms with van der Waals surface area (Å²) >= 11 is 3.19. The molecule has 0 atom stereocenters. The lowest BCUT2D eigenvalue weighted by atomic mass is 9.99. The maximum atomic E-state index is 13.7. The fourth-order valence-corrected chi connectivity index (χ4v) is 2.20. The molecule has 4 heteroatoms. The summed E-state index contributed by atoms with van der Waals surface area (Å²) in [7, 11) is 0. The molecule has 0 amide bonds. The summed E-state index contributed by atoms with van der Waals surface area (Å²) in [6.45, 7) is 0. The number of halogens is 2. The van der Waals surface area contributed by atoms with Gasteiger partial charge < -0.3 is 5.11 Å². The molecule has 92 valence electrons. The van der Waals surface area contributed by atoms with Crippen LogP contribution in [0.5, 0.6) is 0 Å². The molecule has 2 rings (SSSR count). The van der Waals surface area contributed by atoms with Crippen LogP contribution in [0.3, 0.4) is 0 Å². The van der Waals surface area contributed by atoms with Crippen molar-refractivity contribution in [1.82, 2.24) is 0 Å². The molecular weight excluding hydrogens is 299 g/mol. The normalized spacial score (nSPS) is 10.3. The van der Waals surface area contributed by atoms with Crippen molar-refractivity contribution in [2.45, 2.75) is 5.33 Å². The van der Waals surface area contributed by atoms with Gasteiger partial charge in [-0.05, 0) is 28.8 Å². The van der Waals surface area contributed by atoms with Crippen molar-refractivity contribution in [3.05, 3.63) is 59.4 Å². The molecule has 0 fully saturated rings. The van der Waals surface area contributed by atoms with Gasteiger partial charge in [-0.25, -0.2) is 9.18 Å². The van der Waals surface area contributed by atoms with E-state index in [2.05, 4.69) is 15.9 Å². The van der Waals surface area contributed by atoms with Gasteiger partial charge in [0.2, 0.25) is 0 Å². The largest absolute Gasteiger partial charge is 0.478 e. The third-order valence-corrected chi connectivity index (χ3v) is 3.27. The van der Waals surface area contributed by atoms with E-state index in [0.717, 1.165) is 0 Å². The van der Waals surface area contributed by atoms with Crippen LogP contribution in [0.2, 0.25) is 0 Å². The van der Waals surface area contributed by atoms with Crippen LogP contribution in [-0.4, -0.2) is 11.1 Å². The molecule has 1 N–H and O–H groups in total. The lowest BCUT2D eigenvalue weighted by Gasteiger charge is -2.07. The second-order valence-corrected chi connectivity index (χ2v) is 4.35. The standard InChI is InChI=1S/C14H10BrFO2/c15-8-10-6-5-9(7-13(10)16)11-3-1-2-4-12(11)14(17)18/h1-7H,8H2,(H,17,18). The first kappa shape index (κ1) is 12.8. The van der Waals surface area contributed by atoms with Gasteiger partial charge in [0.15, 0.2) is 0 Å². The van der Waals surface area contributed by atoms with E-state index in [1.54, 1.807) is 30.3 Å². The summed E-state index contributed by atoms with van der Waals surface area (Å²) < 4.78 is 13.7. The minimum atomic E-state index is -1.02. The molecule has 0 aliphatic carbocycles. The van der Waals surface area contributed by atoms with Crippen molar-refractivity contribution >= 4 is 21.9 Å². The fraction of sp³-hybridized carbons (Fsp3) is 0.0714. The quantitative estimate of drug-likeness (QED) is 0.867. The summed E-state index contributed by atoms with van der Waals surface area (Å²) in [4.78, 5) is 11.1. The zero-order valence-corrected chi connectivity index (χ0v) is 10.9. The van der Waals surface area contributed by atoms with Crippen LogP contribution in [0, 0.1) is 5.82 Å². The summed E-state index contributed by atoms with van der Waals surface area (Å²) in [6.07, 6.45) is 0. The monoisotopic (exact) mass is 308 g/mol. The Labute approximate surface area is 112 Å². The molecule has 2 aromatic rings. The molecule has 0 aromatic heterocycles. The molecule has 2 nitrogen and oxygen atoms in total. The second-order valence-electron chi connectivity index (χ2n) is 3.79. The highest BCUT2D eigenvalue weighted by molar-refractivity contribution is 9.08. The Kier molecular flexibility index (Phi) is 3.77. The first-order valence-electron chi connectivity index (χ1n) is 5.30. The van der Waals surface area contributed by atoms with Crippen LogP contribution in [-0.2, 0) is 5.33 Å². The number of hydrogen-bond acceptors (Lipinski definition) is 1. The number of alkyl halides is 1. The Bertz CT molecular complexity index is 596. The molecule has 0 spiro atoms. The number of benzene rings is 2. The lowest BCUT2D eigenvalue weighted by molar-refractivity contribution is 0.0697. The zero-order valence-electron chi connectivity index (χ0n) is 9.36. The van der Waals surface area contributed by atoms with E-state index in [9.17, 15) is 9.18 Å². The molecule has 0 saturated heterocycles. The summed E-state index contributed by atoms with van der Waals surface area (Å²) in [6, 6.07) is 11.3. The highest BCUT2D eigenvalue weighted by Crippen LogP contribution is 2.26. The molecule has 2 aromatic carbocycles. The van der Waals surface area contributed by atoms with Gasteiger partial charge in [-0.2, -0.15) is 0 Å². The van der Waals surface area contributed by atoms with E-state index < -0.39 is 5.97 Å². The average molecular weight is 309 g/mol. The van der Waals surface area contributed by atoms with Gasteiger partial charge in [0.1, 0.15) is 5.82 Å². The van der Waals surface area contributed by atoms with Crippen molar-refractivity contribution in [3.63, 3.8) is 0 Å². The van der Waals surface area contributed by atoms with E-state index >= 15 is 0 Å². The molecule has 0 aliphatic rings. The summed E-state index contributed by atoms with van der Waals surface area (Å²) in [5, 5.41) is 9.53. The lowest BCUT2D eigenvalue weighted by Crippen LogP contribution is -1.99. The summed E-state index contributed by atoms with van der Waals surface area (Å²) in [5.41, 5.74) is 1.80. The molecule has 18 heavy (non-hydrogen) atoms. The molecular formula is C14H10BrFO2. The van der Waals surface area contributed by atoms with Gasteiger partial charge in [-0.3, -0.25) is 0 Å². The van der Waals surface area contributed by atoms with Gasteiger partial charge in [0, 0.05) is 5.33 Å². The van der Waals surface area contributed by atoms with Crippen LogP contribution in [0.25, 0.3) is 11.1 Å². The zero-order chi connectivity index (χ0) is 13.1. The maximum absolute atomic E-state index is 13.7. The van der Waals surface area contributed by atoms with Gasteiger partial charge in [0.25, 0.3) is 0 Å². The highest BCUT2D eigenvalue weighted by Gasteiger charge is 2.12. The first-order valence-corrected chi connectivity index (χ1v) is 6.42. The van der Waals surface area contributed by atoms with Crippen molar-refractivity contribution in [2.75, 3.05) is 0 Å². The van der Waals surface area contributed by atoms with Crippen LogP contribution in [0.4, 0.5) is 4.39 Å². The van der Waals surface area contributed by atoms with Crippen molar-refractivity contribution < 1.29 is 14.3 Å². The Balaban J connectivity index is 2.55. The predicted molar refractivity (Wildman–Crippen MR) is 71.4 cm³/mol. The number of carboxylic acid groups (broad SMARTS) is 1. The van der Waals surface area contributed by atoms with E-state index in [-0.39, 0.29) is 11.4 Å². The number of hydrogen-bond donors (Lipinski definition) is 1. The van der Waals surface area contributed by atoms with E-state index in [0.29, 0.717) is 22.0 Å². The molecule has 0 saturated carbocycles. The van der Waals surface area contributed by atoms with E-state index in [1.807, 2.05) is 0 Å². The highest BCUT2D eigenvalue weighted by atomic mass is 79.9. The van der Waals surface area contributed by atoms with Crippen LogP contribution >= 0.6 is 15.9 Å². The van der Waals surface area contributed by atoms with Crippen molar-refractivity contribution in [1.29, 1.82) is 0 Å². The van der Waals surface area contributed by atoms with E-state index in [1.165, 1.54) is 12.1 Å². The van der Waals surface area contributed by atoms with Crippen LogP contribution in [0.1, 0.15) is 15.9 Å². The second kappa shape index (κ2) is 5.31. The third-order valence-electron chi connectivity index (χ3n) is 2.67. The number of aromatic carboxylic acids is 1. The number of carbonyl (C=O) groups is 1. The van der Waals surface area contributed by atoms with E-state index in [4.69, 9.17) is 5.11 Å². The first-order chi connectivity index (χ1) is 8.63. The Morgan fingerprint density at radius 3 is 2.56 bits per heavy atom. The maximum Gasteiger partial charge on any atom is 0.336 e. The molecule has 0 radical (unpaired) electrons. The van der Waals surface area contributed by atoms with Crippen LogP contribution < -0.4 is 0 Å². The Morgan fingerprint density at radius 1 is 1.22 bits per heavy atom. The molecule has 0 unspecified atom stereocenters. The average Bonchev–Trinajstić information content (AvgIpc) is 2.38. The molecule has 0 heterocycles. The minimum absolute atomic E-state index is 0.170. The SMILES string of the molecule is O=C(O)c1ccccc1-c1ccc(CBr)c(F)c1.